The number of ether oxygens (including phenoxy) is 2. The summed E-state index contributed by atoms with van der Waals surface area (Å²) in [6.07, 6.45) is 5.22. The van der Waals surface area contributed by atoms with Crippen molar-refractivity contribution in [2.75, 3.05) is 38.8 Å². The highest BCUT2D eigenvalue weighted by atomic mass is 32.2. The van der Waals surface area contributed by atoms with Gasteiger partial charge in [-0.3, -0.25) is 9.89 Å². The topological polar surface area (TPSA) is 105 Å². The van der Waals surface area contributed by atoms with Crippen LogP contribution in [0.3, 0.4) is 0 Å². The molecule has 0 saturated carbocycles. The number of rotatable bonds is 6. The van der Waals surface area contributed by atoms with Gasteiger partial charge in [-0.2, -0.15) is 9.40 Å². The lowest BCUT2D eigenvalue weighted by Gasteiger charge is -2.37. The Morgan fingerprint density at radius 2 is 1.69 bits per heavy atom. The van der Waals surface area contributed by atoms with E-state index in [1.54, 1.807) is 55.8 Å². The van der Waals surface area contributed by atoms with Crippen LogP contribution in [0.25, 0.3) is 11.1 Å². The van der Waals surface area contributed by atoms with E-state index in [0.29, 0.717) is 50.4 Å². The minimum absolute atomic E-state index is 0.0529. The molecule has 2 aromatic carbocycles. The van der Waals surface area contributed by atoms with Crippen LogP contribution >= 0.6 is 0 Å². The lowest BCUT2D eigenvalue weighted by Crippen LogP contribution is -2.46. The van der Waals surface area contributed by atoms with Crippen LogP contribution < -0.4 is 14.4 Å². The first-order valence-corrected chi connectivity index (χ1v) is 13.0. The molecule has 3 aromatic rings. The smallest absolute Gasteiger partial charge is 0.243 e. The molecule has 1 aromatic heterocycles. The largest absolute Gasteiger partial charge is 0.497 e. The number of benzene rings is 2. The molecule has 1 amide bonds. The van der Waals surface area contributed by atoms with Crippen LogP contribution in [0.2, 0.25) is 0 Å². The average molecular weight is 497 g/mol. The Hall–Kier alpha value is -3.37. The van der Waals surface area contributed by atoms with E-state index in [4.69, 9.17) is 9.47 Å². The van der Waals surface area contributed by atoms with Gasteiger partial charge in [-0.15, -0.1) is 0 Å². The molecule has 2 aliphatic heterocycles. The Morgan fingerprint density at radius 3 is 2.31 bits per heavy atom. The summed E-state index contributed by atoms with van der Waals surface area (Å²) in [7, 11) is -0.476. The van der Waals surface area contributed by atoms with Crippen molar-refractivity contribution < 1.29 is 22.7 Å². The van der Waals surface area contributed by atoms with E-state index in [0.717, 1.165) is 16.8 Å². The van der Waals surface area contributed by atoms with Gasteiger partial charge >= 0.3 is 0 Å². The van der Waals surface area contributed by atoms with Gasteiger partial charge in [0.05, 0.1) is 30.7 Å². The minimum atomic E-state index is -3.62. The lowest BCUT2D eigenvalue weighted by atomic mass is 9.77. The third-order valence-electron chi connectivity index (χ3n) is 7.20. The van der Waals surface area contributed by atoms with Gasteiger partial charge in [0, 0.05) is 48.7 Å². The van der Waals surface area contributed by atoms with Gasteiger partial charge in [-0.05, 0) is 55.7 Å². The quantitative estimate of drug-likeness (QED) is 0.562. The molecular formula is C25H28N4O5S. The van der Waals surface area contributed by atoms with Crippen molar-refractivity contribution in [2.45, 2.75) is 24.2 Å². The predicted octanol–water partition coefficient (Wildman–Crippen LogP) is 3.30. The maximum atomic E-state index is 13.6. The summed E-state index contributed by atoms with van der Waals surface area (Å²) in [5.41, 5.74) is 2.04. The van der Waals surface area contributed by atoms with Crippen molar-refractivity contribution in [1.29, 1.82) is 0 Å². The zero-order valence-corrected chi connectivity index (χ0v) is 20.5. The number of nitrogens with one attached hydrogen (secondary N) is 1. The molecule has 2 fully saturated rings. The molecule has 35 heavy (non-hydrogen) atoms. The summed E-state index contributed by atoms with van der Waals surface area (Å²) in [5, 5.41) is 6.80. The van der Waals surface area contributed by atoms with E-state index in [9.17, 15) is 13.2 Å². The highest BCUT2D eigenvalue weighted by molar-refractivity contribution is 7.89. The predicted molar refractivity (Wildman–Crippen MR) is 131 cm³/mol. The molecule has 9 nitrogen and oxygen atoms in total. The number of aromatic nitrogens is 2. The normalized spacial score (nSPS) is 18.2. The number of piperidine rings is 1. The first kappa shape index (κ1) is 23.4. The van der Waals surface area contributed by atoms with E-state index in [-0.39, 0.29) is 10.8 Å². The number of anilines is 1. The molecule has 0 radical (unpaired) electrons. The fraction of sp³-hybridized carbons (Fsp3) is 0.360. The highest BCUT2D eigenvalue weighted by Crippen LogP contribution is 2.45. The van der Waals surface area contributed by atoms with Crippen LogP contribution in [-0.2, 0) is 14.8 Å². The van der Waals surface area contributed by atoms with E-state index in [1.807, 2.05) is 18.2 Å². The molecule has 0 bridgehead atoms. The second kappa shape index (κ2) is 9.01. The highest BCUT2D eigenvalue weighted by Gasteiger charge is 2.50. The van der Waals surface area contributed by atoms with Crippen molar-refractivity contribution >= 4 is 21.6 Å². The zero-order valence-electron chi connectivity index (χ0n) is 19.7. The second-order valence-corrected chi connectivity index (χ2v) is 10.9. The van der Waals surface area contributed by atoms with Gasteiger partial charge in [-0.25, -0.2) is 8.42 Å². The molecule has 3 heterocycles. The number of hydrogen-bond donors (Lipinski definition) is 1. The molecule has 0 atom stereocenters. The maximum absolute atomic E-state index is 13.6. The minimum Gasteiger partial charge on any atom is -0.497 e. The number of carbonyl (C=O) groups is 1. The van der Waals surface area contributed by atoms with Crippen molar-refractivity contribution in [3.05, 3.63) is 54.9 Å². The van der Waals surface area contributed by atoms with Gasteiger partial charge in [0.2, 0.25) is 15.9 Å². The summed E-state index contributed by atoms with van der Waals surface area (Å²) >= 11 is 0. The van der Waals surface area contributed by atoms with E-state index in [2.05, 4.69) is 10.2 Å². The summed E-state index contributed by atoms with van der Waals surface area (Å²) in [5.74, 6) is 1.32. The average Bonchev–Trinajstić information content (AvgIpc) is 3.53. The number of amides is 1. The Labute approximate surface area is 204 Å². The fourth-order valence-corrected chi connectivity index (χ4v) is 6.51. The molecule has 2 saturated heterocycles. The molecule has 0 aliphatic carbocycles. The number of sulfonamides is 1. The third-order valence-corrected chi connectivity index (χ3v) is 9.11. The van der Waals surface area contributed by atoms with E-state index in [1.165, 1.54) is 4.31 Å². The number of H-pyrrole nitrogens is 1. The molecule has 0 unspecified atom stereocenters. The first-order chi connectivity index (χ1) is 16.9. The van der Waals surface area contributed by atoms with Crippen LogP contribution in [0.4, 0.5) is 5.69 Å². The summed E-state index contributed by atoms with van der Waals surface area (Å²) in [4.78, 5) is 15.6. The zero-order chi connectivity index (χ0) is 24.6. The fourth-order valence-electron chi connectivity index (χ4n) is 5.07. The van der Waals surface area contributed by atoms with Gasteiger partial charge in [0.25, 0.3) is 0 Å². The van der Waals surface area contributed by atoms with Crippen molar-refractivity contribution in [3.8, 4) is 22.6 Å². The Bertz CT molecular complexity index is 1310. The molecular weight excluding hydrogens is 468 g/mol. The van der Waals surface area contributed by atoms with Gasteiger partial charge in [0.15, 0.2) is 0 Å². The summed E-state index contributed by atoms with van der Waals surface area (Å²) in [6.45, 7) is 1.23. The molecule has 2 aliphatic rings. The molecule has 5 rings (SSSR count). The maximum Gasteiger partial charge on any atom is 0.243 e. The Balaban J connectivity index is 1.31. The third kappa shape index (κ3) is 4.06. The number of hydrogen-bond acceptors (Lipinski definition) is 6. The second-order valence-electron chi connectivity index (χ2n) is 8.94. The van der Waals surface area contributed by atoms with Gasteiger partial charge in [-0.1, -0.05) is 0 Å². The van der Waals surface area contributed by atoms with Gasteiger partial charge < -0.3 is 14.4 Å². The van der Waals surface area contributed by atoms with Crippen molar-refractivity contribution in [1.82, 2.24) is 14.5 Å². The van der Waals surface area contributed by atoms with Crippen molar-refractivity contribution in [3.63, 3.8) is 0 Å². The van der Waals surface area contributed by atoms with Crippen LogP contribution in [0, 0.1) is 5.41 Å². The van der Waals surface area contributed by atoms with E-state index >= 15 is 0 Å². The van der Waals surface area contributed by atoms with Crippen LogP contribution in [0.5, 0.6) is 11.5 Å². The lowest BCUT2D eigenvalue weighted by molar-refractivity contribution is -0.127. The SMILES string of the molecule is COc1ccc(S(=O)(=O)N2CCC3(CCN(c4ccc(-c5cn[nH]c5)c(OC)c4)C3=O)CC2)cc1. The first-order valence-electron chi connectivity index (χ1n) is 11.5. The molecule has 1 spiro atoms. The Kier molecular flexibility index (Phi) is 6.02. The van der Waals surface area contributed by atoms with E-state index < -0.39 is 15.4 Å². The molecule has 1 N–H and O–H groups in total. The van der Waals surface area contributed by atoms with Crippen LogP contribution in [-0.4, -0.2) is 62.7 Å². The number of carbonyl (C=O) groups excluding carboxylic acids is 1. The van der Waals surface area contributed by atoms with Crippen molar-refractivity contribution in [2.24, 2.45) is 5.41 Å². The summed E-state index contributed by atoms with van der Waals surface area (Å²) in [6, 6.07) is 12.1. The number of methoxy groups -OCH3 is 2. The summed E-state index contributed by atoms with van der Waals surface area (Å²) < 4.78 is 38.5. The number of aromatic amines is 1. The van der Waals surface area contributed by atoms with Crippen LogP contribution in [0.1, 0.15) is 19.3 Å². The Morgan fingerprint density at radius 1 is 0.971 bits per heavy atom. The monoisotopic (exact) mass is 496 g/mol. The molecule has 184 valence electrons. The molecule has 10 heteroatoms. The standard InChI is InChI=1S/C25H28N4O5S/c1-33-20-4-6-21(7-5-20)35(31,32)28-12-9-25(10-13-28)11-14-29(24(25)30)19-3-8-22(23(15-19)34-2)18-16-26-27-17-18/h3-8,15-17H,9-14H2,1-2H3,(H,26,27). The number of nitrogens with zero attached hydrogens (tertiary/aromatic N) is 3. The van der Waals surface area contributed by atoms with Crippen LogP contribution in [0.15, 0.2) is 59.8 Å². The van der Waals surface area contributed by atoms with Gasteiger partial charge in [0.1, 0.15) is 11.5 Å².